The number of carbonyl (C=O) groups is 2. The van der Waals surface area contributed by atoms with Gasteiger partial charge in [0, 0.05) is 19.2 Å². The third-order valence-corrected chi connectivity index (χ3v) is 5.84. The highest BCUT2D eigenvalue weighted by molar-refractivity contribution is 5.95. The van der Waals surface area contributed by atoms with Crippen LogP contribution in [-0.2, 0) is 14.3 Å². The number of benzene rings is 2. The quantitative estimate of drug-likeness (QED) is 0.311. The molecule has 8 heteroatoms. The number of hydrogen-bond acceptors (Lipinski definition) is 6. The number of likely N-dealkylation sites (tertiary alicyclic amines) is 1. The van der Waals surface area contributed by atoms with E-state index in [4.69, 9.17) is 4.74 Å². The predicted octanol–water partition coefficient (Wildman–Crippen LogP) is 3.58. The lowest BCUT2D eigenvalue weighted by Gasteiger charge is -2.34. The Kier molecular flexibility index (Phi) is 7.60. The largest absolute Gasteiger partial charge is 0.469 e. The number of piperidine rings is 1. The molecule has 1 amide bonds. The minimum atomic E-state index is -0.864. The zero-order valence-corrected chi connectivity index (χ0v) is 18.9. The van der Waals surface area contributed by atoms with E-state index in [9.17, 15) is 24.8 Å². The van der Waals surface area contributed by atoms with Crippen molar-refractivity contribution in [3.05, 3.63) is 69.8 Å². The van der Waals surface area contributed by atoms with Gasteiger partial charge in [0.25, 0.3) is 5.69 Å². The number of methoxy groups -OCH3 is 1. The predicted molar refractivity (Wildman–Crippen MR) is 123 cm³/mol. The number of nitro groups is 1. The molecule has 0 bridgehead atoms. The molecule has 1 radical (unpaired) electrons. The molecular weight excluding hydrogens is 424 g/mol. The lowest BCUT2D eigenvalue weighted by molar-refractivity contribution is -0.384. The maximum Gasteiger partial charge on any atom is 0.313 e. The first-order valence-corrected chi connectivity index (χ1v) is 10.8. The number of ether oxygens (including phenoxy) is 1. The first-order chi connectivity index (χ1) is 15.7. The fourth-order valence-electron chi connectivity index (χ4n) is 4.09. The average molecular weight is 451 g/mol. The summed E-state index contributed by atoms with van der Waals surface area (Å²) in [6.45, 7) is 4.37. The number of aliphatic hydroxyl groups excluding tert-OH is 1. The van der Waals surface area contributed by atoms with E-state index < -0.39 is 22.9 Å². The van der Waals surface area contributed by atoms with E-state index in [1.807, 2.05) is 38.1 Å². The first-order valence-electron chi connectivity index (χ1n) is 10.8. The van der Waals surface area contributed by atoms with Gasteiger partial charge in [-0.1, -0.05) is 44.2 Å². The Morgan fingerprint density at radius 2 is 2.03 bits per heavy atom. The molecule has 8 nitrogen and oxygen atoms in total. The summed E-state index contributed by atoms with van der Waals surface area (Å²) < 4.78 is 4.73. The molecule has 33 heavy (non-hydrogen) atoms. The summed E-state index contributed by atoms with van der Waals surface area (Å²) in [4.78, 5) is 37.5. The van der Waals surface area contributed by atoms with Crippen molar-refractivity contribution in [1.29, 1.82) is 0 Å². The summed E-state index contributed by atoms with van der Waals surface area (Å²) in [5.41, 5.74) is 2.42. The number of aliphatic hydroxyl groups is 1. The maximum absolute atomic E-state index is 12.8. The van der Waals surface area contributed by atoms with Crippen molar-refractivity contribution in [1.82, 2.24) is 4.90 Å². The molecule has 2 aromatic carbocycles. The number of nitrogens with zero attached hydrogens (tertiary/aromatic N) is 2. The number of rotatable bonds is 6. The summed E-state index contributed by atoms with van der Waals surface area (Å²) in [5, 5.41) is 21.9. The summed E-state index contributed by atoms with van der Waals surface area (Å²) >= 11 is 0. The Bertz CT molecular complexity index is 1080. The van der Waals surface area contributed by atoms with Gasteiger partial charge in [-0.25, -0.2) is 0 Å². The second-order valence-corrected chi connectivity index (χ2v) is 8.26. The van der Waals surface area contributed by atoms with Gasteiger partial charge < -0.3 is 14.7 Å². The van der Waals surface area contributed by atoms with Crippen molar-refractivity contribution in [3.63, 3.8) is 0 Å². The van der Waals surface area contributed by atoms with Crippen LogP contribution in [0.4, 0.5) is 5.69 Å². The van der Waals surface area contributed by atoms with Gasteiger partial charge in [-0.2, -0.15) is 0 Å². The normalized spacial score (nSPS) is 18.5. The van der Waals surface area contributed by atoms with E-state index in [1.54, 1.807) is 12.1 Å². The zero-order chi connectivity index (χ0) is 24.1. The third kappa shape index (κ3) is 5.28. The number of esters is 1. The van der Waals surface area contributed by atoms with Crippen molar-refractivity contribution in [2.75, 3.05) is 20.2 Å². The Labute approximate surface area is 192 Å². The van der Waals surface area contributed by atoms with E-state index in [0.29, 0.717) is 17.7 Å². The fourth-order valence-corrected chi connectivity index (χ4v) is 4.09. The number of hydrogen-bond donors (Lipinski definition) is 1. The van der Waals surface area contributed by atoms with E-state index in [0.717, 1.165) is 11.1 Å². The second-order valence-electron chi connectivity index (χ2n) is 8.26. The van der Waals surface area contributed by atoms with Crippen LogP contribution in [0.15, 0.2) is 42.5 Å². The van der Waals surface area contributed by atoms with Crippen LogP contribution in [-0.4, -0.2) is 53.1 Å². The molecule has 2 aromatic rings. The highest BCUT2D eigenvalue weighted by Gasteiger charge is 2.35. The molecule has 3 rings (SSSR count). The van der Waals surface area contributed by atoms with Gasteiger partial charge in [-0.3, -0.25) is 19.7 Å². The van der Waals surface area contributed by atoms with E-state index >= 15 is 0 Å². The molecule has 173 valence electrons. The van der Waals surface area contributed by atoms with Crippen LogP contribution >= 0.6 is 0 Å². The second kappa shape index (κ2) is 10.4. The van der Waals surface area contributed by atoms with Gasteiger partial charge in [0.15, 0.2) is 0 Å². The van der Waals surface area contributed by atoms with Crippen LogP contribution in [0.5, 0.6) is 0 Å². The molecule has 1 heterocycles. The Morgan fingerprint density at radius 1 is 1.30 bits per heavy atom. The van der Waals surface area contributed by atoms with Crippen LogP contribution in [0.3, 0.4) is 0 Å². The summed E-state index contributed by atoms with van der Waals surface area (Å²) in [6, 6.07) is 13.3. The van der Waals surface area contributed by atoms with Crippen molar-refractivity contribution < 1.29 is 24.4 Å². The molecule has 0 aliphatic carbocycles. The summed E-state index contributed by atoms with van der Waals surface area (Å²) in [7, 11) is 1.24. The fraction of sp³-hybridized carbons (Fsp3) is 0.360. The molecule has 2 atom stereocenters. The monoisotopic (exact) mass is 451 g/mol. The lowest BCUT2D eigenvalue weighted by atomic mass is 9.89. The molecular formula is C25H27N2O6. The minimum Gasteiger partial charge on any atom is -0.469 e. The smallest absolute Gasteiger partial charge is 0.313 e. The maximum atomic E-state index is 12.8. The van der Waals surface area contributed by atoms with Crippen LogP contribution in [0.25, 0.3) is 17.2 Å². The lowest BCUT2D eigenvalue weighted by Crippen LogP contribution is -2.48. The van der Waals surface area contributed by atoms with Gasteiger partial charge in [-0.15, -0.1) is 0 Å². The van der Waals surface area contributed by atoms with E-state index in [1.165, 1.54) is 24.2 Å². The third-order valence-electron chi connectivity index (χ3n) is 5.84. The SMILES string of the molecule is COC(=O)C1CN(C(=O)/C=C/c2cc[c]c([N+](=O)[O-])c2-c2ccccc2C(C)C)CCC1O. The molecule has 1 saturated heterocycles. The number of amides is 1. The summed E-state index contributed by atoms with van der Waals surface area (Å²) in [5.74, 6) is -1.59. The Balaban J connectivity index is 1.96. The Morgan fingerprint density at radius 3 is 2.70 bits per heavy atom. The van der Waals surface area contributed by atoms with Crippen molar-refractivity contribution in [3.8, 4) is 11.1 Å². The van der Waals surface area contributed by atoms with Crippen molar-refractivity contribution >= 4 is 23.6 Å². The minimum absolute atomic E-state index is 0.0444. The van der Waals surface area contributed by atoms with Gasteiger partial charge in [-0.05, 0) is 41.2 Å². The molecule has 1 aliphatic heterocycles. The van der Waals surface area contributed by atoms with E-state index in [-0.39, 0.29) is 30.5 Å². The molecule has 1 N–H and O–H groups in total. The summed E-state index contributed by atoms with van der Waals surface area (Å²) in [6.07, 6.45) is 2.29. The van der Waals surface area contributed by atoms with Gasteiger partial charge in [0.05, 0.1) is 29.8 Å². The average Bonchev–Trinajstić information content (AvgIpc) is 2.81. The first kappa shape index (κ1) is 24.1. The van der Waals surface area contributed by atoms with Crippen molar-refractivity contribution in [2.24, 2.45) is 5.92 Å². The Hall–Kier alpha value is -3.52. The molecule has 1 fully saturated rings. The van der Waals surface area contributed by atoms with Gasteiger partial charge >= 0.3 is 5.97 Å². The topological polar surface area (TPSA) is 110 Å². The molecule has 0 saturated carbocycles. The number of nitro benzene ring substituents is 1. The molecule has 2 unspecified atom stereocenters. The van der Waals surface area contributed by atoms with Crippen LogP contribution < -0.4 is 0 Å². The molecule has 1 aliphatic rings. The standard InChI is InChI=1S/C25H27N2O6/c1-16(2)18-8-4-5-9-19(18)24-17(7-6-10-21(24)27(31)32)11-12-23(29)26-14-13-22(28)20(15-26)25(30)33-3/h4-9,11-12,16,20,22,28H,13-15H2,1-3H3/b12-11+. The van der Waals surface area contributed by atoms with Gasteiger partial charge in [0.1, 0.15) is 5.92 Å². The van der Waals surface area contributed by atoms with Gasteiger partial charge in [0.2, 0.25) is 5.91 Å². The molecule has 0 aromatic heterocycles. The molecule has 0 spiro atoms. The van der Waals surface area contributed by atoms with Crippen LogP contribution in [0.2, 0.25) is 0 Å². The highest BCUT2D eigenvalue weighted by Crippen LogP contribution is 2.38. The van der Waals surface area contributed by atoms with E-state index in [2.05, 4.69) is 6.07 Å². The van der Waals surface area contributed by atoms with Crippen LogP contribution in [0.1, 0.15) is 37.3 Å². The van der Waals surface area contributed by atoms with Crippen molar-refractivity contribution in [2.45, 2.75) is 32.3 Å². The highest BCUT2D eigenvalue weighted by atomic mass is 16.6. The van der Waals surface area contributed by atoms with Crippen LogP contribution in [0, 0.1) is 22.1 Å². The zero-order valence-electron chi connectivity index (χ0n) is 18.9. The number of carbonyl (C=O) groups excluding carboxylic acids is 2.